The van der Waals surface area contributed by atoms with Gasteiger partial charge < -0.3 is 10.2 Å². The van der Waals surface area contributed by atoms with Crippen molar-refractivity contribution in [3.8, 4) is 11.5 Å². The average molecular weight is 224 g/mol. The van der Waals surface area contributed by atoms with Gasteiger partial charge in [0.2, 0.25) is 0 Å². The van der Waals surface area contributed by atoms with Crippen molar-refractivity contribution in [2.75, 3.05) is 0 Å². The quantitative estimate of drug-likeness (QED) is 0.722. The largest absolute Gasteiger partial charge is 0.508 e. The molecule has 0 saturated heterocycles. The van der Waals surface area contributed by atoms with Gasteiger partial charge in [-0.05, 0) is 24.3 Å². The minimum Gasteiger partial charge on any atom is -0.508 e. The van der Waals surface area contributed by atoms with E-state index >= 15 is 0 Å². The predicted octanol–water partition coefficient (Wildman–Crippen LogP) is 3.06. The monoisotopic (exact) mass is 224 g/mol. The van der Waals surface area contributed by atoms with Crippen molar-refractivity contribution in [2.45, 2.75) is 0 Å². The van der Waals surface area contributed by atoms with Gasteiger partial charge in [-0.3, -0.25) is 0 Å². The Kier molecular flexibility index (Phi) is 4.27. The minimum absolute atomic E-state index is 0.0370. The summed E-state index contributed by atoms with van der Waals surface area (Å²) in [5, 5.41) is 17.1. The normalized spacial score (nSPS) is 9.12. The van der Waals surface area contributed by atoms with Gasteiger partial charge in [0.15, 0.2) is 0 Å². The molecule has 0 aliphatic rings. The van der Waals surface area contributed by atoms with E-state index in [0.717, 1.165) is 12.1 Å². The van der Waals surface area contributed by atoms with Crippen molar-refractivity contribution < 1.29 is 19.0 Å². The average Bonchev–Trinajstić information content (AvgIpc) is 2.17. The summed E-state index contributed by atoms with van der Waals surface area (Å²) in [5.74, 6) is -0.898. The number of hydrogen-bond donors (Lipinski definition) is 2. The number of benzene rings is 2. The van der Waals surface area contributed by atoms with Crippen LogP contribution in [0.2, 0.25) is 0 Å². The number of aromatic hydroxyl groups is 2. The summed E-state index contributed by atoms with van der Waals surface area (Å²) in [6.07, 6.45) is 0. The van der Waals surface area contributed by atoms with Gasteiger partial charge in [0.25, 0.3) is 0 Å². The first-order chi connectivity index (χ1) is 7.58. The van der Waals surface area contributed by atoms with Crippen LogP contribution in [0.5, 0.6) is 11.5 Å². The zero-order valence-corrected chi connectivity index (χ0v) is 8.27. The molecule has 2 aromatic rings. The van der Waals surface area contributed by atoms with Crippen LogP contribution in [0, 0.1) is 11.6 Å². The van der Waals surface area contributed by atoms with Gasteiger partial charge >= 0.3 is 0 Å². The topological polar surface area (TPSA) is 40.5 Å². The predicted molar refractivity (Wildman–Crippen MR) is 56.1 cm³/mol. The molecule has 2 nitrogen and oxygen atoms in total. The van der Waals surface area contributed by atoms with Crippen LogP contribution in [0.15, 0.2) is 48.5 Å². The molecule has 84 valence electrons. The number of phenolic OH excluding ortho intramolecular Hbond substituents is 2. The number of phenols is 2. The lowest BCUT2D eigenvalue weighted by Gasteiger charge is -1.86. The van der Waals surface area contributed by atoms with Crippen molar-refractivity contribution in [2.24, 2.45) is 0 Å². The second-order valence-electron chi connectivity index (χ2n) is 2.96. The maximum Gasteiger partial charge on any atom is 0.126 e. The first-order valence-electron chi connectivity index (χ1n) is 4.47. The van der Waals surface area contributed by atoms with Gasteiger partial charge in [-0.2, -0.15) is 0 Å². The smallest absolute Gasteiger partial charge is 0.126 e. The highest BCUT2D eigenvalue weighted by Crippen LogP contribution is 2.08. The fraction of sp³-hybridized carbons (Fsp3) is 0. The molecular weight excluding hydrogens is 214 g/mol. The first kappa shape index (κ1) is 12.0. The molecule has 0 heterocycles. The summed E-state index contributed by atoms with van der Waals surface area (Å²) in [6.45, 7) is 0. The molecule has 0 aliphatic carbocycles. The van der Waals surface area contributed by atoms with Crippen LogP contribution >= 0.6 is 0 Å². The molecular formula is C12H10F2O2. The highest BCUT2D eigenvalue weighted by atomic mass is 19.1. The van der Waals surface area contributed by atoms with E-state index in [1.54, 1.807) is 0 Å². The molecule has 0 spiro atoms. The molecule has 0 saturated carbocycles. The van der Waals surface area contributed by atoms with Gasteiger partial charge in [-0.1, -0.05) is 12.1 Å². The Bertz CT molecular complexity index is 380. The SMILES string of the molecule is Oc1cccc(F)c1.Oc1cccc(F)c1. The van der Waals surface area contributed by atoms with E-state index in [-0.39, 0.29) is 11.5 Å². The summed E-state index contributed by atoms with van der Waals surface area (Å²) in [4.78, 5) is 0. The van der Waals surface area contributed by atoms with Crippen LogP contribution < -0.4 is 0 Å². The summed E-state index contributed by atoms with van der Waals surface area (Å²) in [6, 6.07) is 10.4. The molecule has 0 aromatic heterocycles. The molecule has 0 amide bonds. The molecule has 0 fully saturated rings. The molecule has 0 unspecified atom stereocenters. The number of hydrogen-bond acceptors (Lipinski definition) is 2. The standard InChI is InChI=1S/2C6H5FO/c2*7-5-2-1-3-6(8)4-5/h2*1-4,8H. The third kappa shape index (κ3) is 4.41. The van der Waals surface area contributed by atoms with Crippen LogP contribution in [0.1, 0.15) is 0 Å². The third-order valence-electron chi connectivity index (χ3n) is 1.62. The summed E-state index contributed by atoms with van der Waals surface area (Å²) in [7, 11) is 0. The molecule has 0 aliphatic heterocycles. The second kappa shape index (κ2) is 5.70. The summed E-state index contributed by atoms with van der Waals surface area (Å²) < 4.78 is 24.0. The molecule has 4 heteroatoms. The molecule has 0 atom stereocenters. The molecule has 2 N–H and O–H groups in total. The Hall–Kier alpha value is -2.10. The number of rotatable bonds is 0. The van der Waals surface area contributed by atoms with E-state index in [4.69, 9.17) is 10.2 Å². The van der Waals surface area contributed by atoms with E-state index in [1.165, 1.54) is 36.4 Å². The highest BCUT2D eigenvalue weighted by Gasteiger charge is 1.87. The maximum absolute atomic E-state index is 12.0. The summed E-state index contributed by atoms with van der Waals surface area (Å²) >= 11 is 0. The molecule has 2 rings (SSSR count). The van der Waals surface area contributed by atoms with Crippen molar-refractivity contribution in [1.82, 2.24) is 0 Å². The number of halogens is 2. The molecule has 0 bridgehead atoms. The summed E-state index contributed by atoms with van der Waals surface area (Å²) in [5.41, 5.74) is 0. The zero-order chi connectivity index (χ0) is 12.0. The van der Waals surface area contributed by atoms with E-state index in [9.17, 15) is 8.78 Å². The van der Waals surface area contributed by atoms with Crippen molar-refractivity contribution in [1.29, 1.82) is 0 Å². The van der Waals surface area contributed by atoms with Gasteiger partial charge in [0, 0.05) is 12.1 Å². The highest BCUT2D eigenvalue weighted by molar-refractivity contribution is 5.20. The Labute approximate surface area is 91.4 Å². The lowest BCUT2D eigenvalue weighted by Crippen LogP contribution is -1.68. The van der Waals surface area contributed by atoms with E-state index in [0.29, 0.717) is 0 Å². The Morgan fingerprint density at radius 1 is 0.688 bits per heavy atom. The molecule has 16 heavy (non-hydrogen) atoms. The van der Waals surface area contributed by atoms with Gasteiger partial charge in [0.05, 0.1) is 0 Å². The van der Waals surface area contributed by atoms with Crippen LogP contribution in [0.3, 0.4) is 0 Å². The van der Waals surface area contributed by atoms with Gasteiger partial charge in [0.1, 0.15) is 23.1 Å². The van der Waals surface area contributed by atoms with E-state index < -0.39 is 11.6 Å². The third-order valence-corrected chi connectivity index (χ3v) is 1.62. The van der Waals surface area contributed by atoms with E-state index in [2.05, 4.69) is 0 Å². The van der Waals surface area contributed by atoms with Crippen LogP contribution in [-0.2, 0) is 0 Å². The fourth-order valence-electron chi connectivity index (χ4n) is 0.952. The fourth-order valence-corrected chi connectivity index (χ4v) is 0.952. The Morgan fingerprint density at radius 2 is 1.06 bits per heavy atom. The van der Waals surface area contributed by atoms with Crippen LogP contribution in [0.4, 0.5) is 8.78 Å². The lowest BCUT2D eigenvalue weighted by atomic mass is 10.3. The van der Waals surface area contributed by atoms with Crippen molar-refractivity contribution in [3.05, 3.63) is 60.2 Å². The van der Waals surface area contributed by atoms with E-state index in [1.807, 2.05) is 0 Å². The van der Waals surface area contributed by atoms with Crippen molar-refractivity contribution in [3.63, 3.8) is 0 Å². The van der Waals surface area contributed by atoms with Crippen molar-refractivity contribution >= 4 is 0 Å². The van der Waals surface area contributed by atoms with Gasteiger partial charge in [-0.25, -0.2) is 8.78 Å². The minimum atomic E-state index is -0.412. The Balaban J connectivity index is 0.000000160. The van der Waals surface area contributed by atoms with Crippen LogP contribution in [0.25, 0.3) is 0 Å². The molecule has 0 radical (unpaired) electrons. The lowest BCUT2D eigenvalue weighted by molar-refractivity contribution is 0.468. The first-order valence-corrected chi connectivity index (χ1v) is 4.47. The molecule has 2 aromatic carbocycles. The Morgan fingerprint density at radius 3 is 1.25 bits per heavy atom. The van der Waals surface area contributed by atoms with Gasteiger partial charge in [-0.15, -0.1) is 0 Å². The second-order valence-corrected chi connectivity index (χ2v) is 2.96. The maximum atomic E-state index is 12.0. The zero-order valence-electron chi connectivity index (χ0n) is 8.27. The van der Waals surface area contributed by atoms with Crippen LogP contribution in [-0.4, -0.2) is 10.2 Å².